The highest BCUT2D eigenvalue weighted by atomic mass is 32.1. The van der Waals surface area contributed by atoms with E-state index in [1.807, 2.05) is 5.32 Å². The van der Waals surface area contributed by atoms with Crippen LogP contribution in [-0.4, -0.2) is 27.4 Å². The van der Waals surface area contributed by atoms with Crippen LogP contribution in [-0.2, 0) is 0 Å². The standard InChI is InChI=1S/C9H8N2O4S/c12-7(13)5-2-1-3-6(4-5)10-8(16)11-9(14)15/h1-4H,(H,12,13)(H,14,15)(H2,10,11,16). The summed E-state index contributed by atoms with van der Waals surface area (Å²) in [5.74, 6) is -1.07. The van der Waals surface area contributed by atoms with Gasteiger partial charge in [0.15, 0.2) is 5.11 Å². The highest BCUT2D eigenvalue weighted by molar-refractivity contribution is 7.80. The van der Waals surface area contributed by atoms with E-state index in [-0.39, 0.29) is 10.7 Å². The van der Waals surface area contributed by atoms with Crippen molar-refractivity contribution in [3.63, 3.8) is 0 Å². The molecule has 0 aliphatic carbocycles. The Morgan fingerprint density at radius 2 is 1.94 bits per heavy atom. The Kier molecular flexibility index (Phi) is 3.78. The maximum Gasteiger partial charge on any atom is 0.410 e. The number of nitrogens with one attached hydrogen (secondary N) is 2. The van der Waals surface area contributed by atoms with Crippen LogP contribution in [0.25, 0.3) is 0 Å². The monoisotopic (exact) mass is 240 g/mol. The second kappa shape index (κ2) is 5.08. The summed E-state index contributed by atoms with van der Waals surface area (Å²) in [5.41, 5.74) is 0.488. The van der Waals surface area contributed by atoms with Gasteiger partial charge in [-0.15, -0.1) is 0 Å². The van der Waals surface area contributed by atoms with E-state index in [1.165, 1.54) is 18.2 Å². The van der Waals surface area contributed by atoms with E-state index in [0.29, 0.717) is 5.69 Å². The zero-order valence-electron chi connectivity index (χ0n) is 7.93. The Labute approximate surface area is 95.9 Å². The number of hydrogen-bond donors (Lipinski definition) is 4. The van der Waals surface area contributed by atoms with Crippen LogP contribution < -0.4 is 10.6 Å². The fourth-order valence-corrected chi connectivity index (χ4v) is 1.19. The van der Waals surface area contributed by atoms with Crippen LogP contribution in [0.1, 0.15) is 10.4 Å². The van der Waals surface area contributed by atoms with Crippen molar-refractivity contribution >= 4 is 35.1 Å². The third-order valence-corrected chi connectivity index (χ3v) is 1.79. The van der Waals surface area contributed by atoms with Crippen LogP contribution in [0.2, 0.25) is 0 Å². The molecule has 0 bridgehead atoms. The molecule has 84 valence electrons. The minimum Gasteiger partial charge on any atom is -0.478 e. The summed E-state index contributed by atoms with van der Waals surface area (Å²) in [5, 5.41) is 21.4. The molecule has 0 saturated carbocycles. The quantitative estimate of drug-likeness (QED) is 0.582. The summed E-state index contributed by atoms with van der Waals surface area (Å²) in [6.07, 6.45) is -1.29. The average Bonchev–Trinajstić information content (AvgIpc) is 2.16. The van der Waals surface area contributed by atoms with Gasteiger partial charge in [0.2, 0.25) is 0 Å². The van der Waals surface area contributed by atoms with Crippen molar-refractivity contribution in [3.8, 4) is 0 Å². The minimum atomic E-state index is -1.29. The first-order chi connectivity index (χ1) is 7.49. The number of carboxylic acids is 1. The Hall–Kier alpha value is -2.15. The lowest BCUT2D eigenvalue weighted by molar-refractivity contribution is 0.0697. The molecule has 4 N–H and O–H groups in total. The van der Waals surface area contributed by atoms with Crippen molar-refractivity contribution in [2.45, 2.75) is 0 Å². The van der Waals surface area contributed by atoms with Gasteiger partial charge in [-0.2, -0.15) is 0 Å². The normalized spacial score (nSPS) is 9.25. The third kappa shape index (κ3) is 3.54. The number of thiocarbonyl (C=S) groups is 1. The zero-order chi connectivity index (χ0) is 12.1. The summed E-state index contributed by atoms with van der Waals surface area (Å²) in [4.78, 5) is 20.9. The Morgan fingerprint density at radius 3 is 2.50 bits per heavy atom. The molecule has 0 saturated heterocycles. The number of benzene rings is 1. The van der Waals surface area contributed by atoms with Crippen molar-refractivity contribution in [2.24, 2.45) is 0 Å². The predicted octanol–water partition coefficient (Wildman–Crippen LogP) is 1.35. The number of carbonyl (C=O) groups is 2. The topological polar surface area (TPSA) is 98.7 Å². The van der Waals surface area contributed by atoms with Crippen molar-refractivity contribution in [1.29, 1.82) is 0 Å². The molecule has 0 atom stereocenters. The molecule has 0 unspecified atom stereocenters. The van der Waals surface area contributed by atoms with Crippen LogP contribution in [0.4, 0.5) is 10.5 Å². The maximum atomic E-state index is 10.6. The van der Waals surface area contributed by atoms with E-state index in [2.05, 4.69) is 17.5 Å². The molecule has 0 aliphatic heterocycles. The largest absolute Gasteiger partial charge is 0.478 e. The Morgan fingerprint density at radius 1 is 1.25 bits per heavy atom. The van der Waals surface area contributed by atoms with Crippen molar-refractivity contribution in [1.82, 2.24) is 5.32 Å². The van der Waals surface area contributed by atoms with Gasteiger partial charge in [0.25, 0.3) is 0 Å². The summed E-state index contributed by atoms with van der Waals surface area (Å²) in [6, 6.07) is 5.86. The lowest BCUT2D eigenvalue weighted by Gasteiger charge is -2.07. The number of amides is 1. The molecular weight excluding hydrogens is 232 g/mol. The van der Waals surface area contributed by atoms with Crippen molar-refractivity contribution in [2.75, 3.05) is 5.32 Å². The molecule has 0 radical (unpaired) electrons. The first-order valence-corrected chi connectivity index (χ1v) is 4.54. The second-order valence-electron chi connectivity index (χ2n) is 2.77. The highest BCUT2D eigenvalue weighted by Crippen LogP contribution is 2.10. The Bertz CT molecular complexity index is 447. The highest BCUT2D eigenvalue weighted by Gasteiger charge is 2.05. The molecule has 0 heterocycles. The maximum absolute atomic E-state index is 10.6. The molecule has 0 spiro atoms. The minimum absolute atomic E-state index is 0.0862. The summed E-state index contributed by atoms with van der Waals surface area (Å²) >= 11 is 4.67. The molecule has 1 aromatic carbocycles. The summed E-state index contributed by atoms with van der Waals surface area (Å²) in [7, 11) is 0. The molecule has 1 aromatic rings. The van der Waals surface area contributed by atoms with Gasteiger partial charge in [0, 0.05) is 5.69 Å². The molecule has 6 nitrogen and oxygen atoms in total. The van der Waals surface area contributed by atoms with E-state index in [9.17, 15) is 9.59 Å². The molecule has 0 aromatic heterocycles. The zero-order valence-corrected chi connectivity index (χ0v) is 8.75. The smallest absolute Gasteiger partial charge is 0.410 e. The summed E-state index contributed by atoms with van der Waals surface area (Å²) < 4.78 is 0. The van der Waals surface area contributed by atoms with Crippen LogP contribution in [0.15, 0.2) is 24.3 Å². The van der Waals surface area contributed by atoms with Crippen LogP contribution in [0.3, 0.4) is 0 Å². The molecule has 0 fully saturated rings. The molecular formula is C9H8N2O4S. The van der Waals surface area contributed by atoms with E-state index in [4.69, 9.17) is 10.2 Å². The number of rotatable bonds is 2. The van der Waals surface area contributed by atoms with Crippen LogP contribution >= 0.6 is 12.2 Å². The molecule has 7 heteroatoms. The fraction of sp³-hybridized carbons (Fsp3) is 0. The average molecular weight is 240 g/mol. The Balaban J connectivity index is 2.74. The van der Waals surface area contributed by atoms with Gasteiger partial charge in [0.05, 0.1) is 5.56 Å². The second-order valence-corrected chi connectivity index (χ2v) is 3.18. The fourth-order valence-electron chi connectivity index (χ4n) is 0.989. The number of aromatic carboxylic acids is 1. The van der Waals surface area contributed by atoms with E-state index in [1.54, 1.807) is 6.07 Å². The molecule has 1 rings (SSSR count). The lowest BCUT2D eigenvalue weighted by Crippen LogP contribution is -2.32. The van der Waals surface area contributed by atoms with Gasteiger partial charge in [-0.25, -0.2) is 9.59 Å². The molecule has 0 aliphatic rings. The van der Waals surface area contributed by atoms with E-state index in [0.717, 1.165) is 0 Å². The van der Waals surface area contributed by atoms with E-state index >= 15 is 0 Å². The van der Waals surface area contributed by atoms with Crippen LogP contribution in [0, 0.1) is 0 Å². The molecule has 1 amide bonds. The van der Waals surface area contributed by atoms with Gasteiger partial charge in [-0.1, -0.05) is 6.07 Å². The lowest BCUT2D eigenvalue weighted by atomic mass is 10.2. The van der Waals surface area contributed by atoms with Gasteiger partial charge in [-0.3, -0.25) is 5.32 Å². The molecule has 16 heavy (non-hydrogen) atoms. The third-order valence-electron chi connectivity index (χ3n) is 1.59. The number of carboxylic acid groups (broad SMARTS) is 2. The summed E-state index contributed by atoms with van der Waals surface area (Å²) in [6.45, 7) is 0. The van der Waals surface area contributed by atoms with Crippen LogP contribution in [0.5, 0.6) is 0 Å². The predicted molar refractivity (Wildman–Crippen MR) is 60.8 cm³/mol. The first kappa shape index (κ1) is 11.9. The van der Waals surface area contributed by atoms with E-state index < -0.39 is 12.1 Å². The number of hydrogen-bond acceptors (Lipinski definition) is 3. The van der Waals surface area contributed by atoms with Gasteiger partial charge in [-0.05, 0) is 30.4 Å². The van der Waals surface area contributed by atoms with Crippen molar-refractivity contribution in [3.05, 3.63) is 29.8 Å². The first-order valence-electron chi connectivity index (χ1n) is 4.13. The van der Waals surface area contributed by atoms with Crippen molar-refractivity contribution < 1.29 is 19.8 Å². The number of anilines is 1. The van der Waals surface area contributed by atoms with Gasteiger partial charge in [0.1, 0.15) is 0 Å². The van der Waals surface area contributed by atoms with Gasteiger partial charge < -0.3 is 15.5 Å². The van der Waals surface area contributed by atoms with Gasteiger partial charge >= 0.3 is 12.1 Å². The SMILES string of the molecule is O=C(O)NC(=S)Nc1cccc(C(=O)O)c1.